The summed E-state index contributed by atoms with van der Waals surface area (Å²) < 4.78 is 43.3. The standard InChI is InChI=1S/C17H14F2O6/c1-22-14-9-11(15(20)23-2)5-8-13(14)25-16(21)10-3-6-12(7-4-10)24-17(18)19/h3-9,17H,1-2H3. The van der Waals surface area contributed by atoms with E-state index in [4.69, 9.17) is 9.47 Å². The molecule has 0 aromatic heterocycles. The Morgan fingerprint density at radius 2 is 1.52 bits per heavy atom. The smallest absolute Gasteiger partial charge is 0.387 e. The Morgan fingerprint density at radius 1 is 0.880 bits per heavy atom. The summed E-state index contributed by atoms with van der Waals surface area (Å²) in [6.07, 6.45) is 0. The maximum atomic E-state index is 12.1. The van der Waals surface area contributed by atoms with Gasteiger partial charge in [0.1, 0.15) is 5.75 Å². The second-order valence-corrected chi connectivity index (χ2v) is 4.65. The summed E-state index contributed by atoms with van der Waals surface area (Å²) >= 11 is 0. The monoisotopic (exact) mass is 352 g/mol. The van der Waals surface area contributed by atoms with Crippen molar-refractivity contribution in [3.05, 3.63) is 53.6 Å². The van der Waals surface area contributed by atoms with Crippen molar-refractivity contribution in [2.24, 2.45) is 0 Å². The summed E-state index contributed by atoms with van der Waals surface area (Å²) in [6.45, 7) is -2.95. The van der Waals surface area contributed by atoms with E-state index in [-0.39, 0.29) is 28.4 Å². The molecule has 0 amide bonds. The van der Waals surface area contributed by atoms with Gasteiger partial charge in [0.25, 0.3) is 0 Å². The SMILES string of the molecule is COC(=O)c1ccc(OC(=O)c2ccc(OC(F)F)cc2)c(OC)c1. The van der Waals surface area contributed by atoms with E-state index in [1.54, 1.807) is 0 Å². The van der Waals surface area contributed by atoms with Gasteiger partial charge in [-0.05, 0) is 42.5 Å². The summed E-state index contributed by atoms with van der Waals surface area (Å²) in [5.74, 6) is -1.12. The van der Waals surface area contributed by atoms with Gasteiger partial charge in [-0.2, -0.15) is 8.78 Å². The van der Waals surface area contributed by atoms with Crippen LogP contribution in [-0.4, -0.2) is 32.8 Å². The van der Waals surface area contributed by atoms with Crippen LogP contribution in [-0.2, 0) is 4.74 Å². The Bertz CT molecular complexity index is 758. The zero-order valence-corrected chi connectivity index (χ0v) is 13.3. The van der Waals surface area contributed by atoms with Crippen LogP contribution < -0.4 is 14.2 Å². The number of hydrogen-bond acceptors (Lipinski definition) is 6. The molecule has 0 aliphatic heterocycles. The molecular weight excluding hydrogens is 338 g/mol. The molecule has 2 rings (SSSR count). The van der Waals surface area contributed by atoms with Crippen LogP contribution in [0.3, 0.4) is 0 Å². The van der Waals surface area contributed by atoms with Gasteiger partial charge < -0.3 is 18.9 Å². The van der Waals surface area contributed by atoms with Crippen molar-refractivity contribution in [2.75, 3.05) is 14.2 Å². The molecule has 2 aromatic carbocycles. The van der Waals surface area contributed by atoms with Crippen LogP contribution in [0.4, 0.5) is 8.78 Å². The number of carbonyl (C=O) groups excluding carboxylic acids is 2. The minimum Gasteiger partial charge on any atom is -0.493 e. The molecule has 0 spiro atoms. The first-order valence-electron chi connectivity index (χ1n) is 6.98. The minimum absolute atomic E-state index is 0.0773. The van der Waals surface area contributed by atoms with Crippen LogP contribution in [0.1, 0.15) is 20.7 Å². The minimum atomic E-state index is -2.95. The van der Waals surface area contributed by atoms with Crippen LogP contribution in [0.5, 0.6) is 17.2 Å². The second-order valence-electron chi connectivity index (χ2n) is 4.65. The number of halogens is 2. The second kappa shape index (κ2) is 8.09. The van der Waals surface area contributed by atoms with Crippen LogP contribution in [0.15, 0.2) is 42.5 Å². The third-order valence-electron chi connectivity index (χ3n) is 3.10. The van der Waals surface area contributed by atoms with Crippen molar-refractivity contribution < 1.29 is 37.3 Å². The van der Waals surface area contributed by atoms with Gasteiger partial charge in [0.15, 0.2) is 11.5 Å². The van der Waals surface area contributed by atoms with Crippen LogP contribution in [0.2, 0.25) is 0 Å². The molecule has 0 aliphatic carbocycles. The fourth-order valence-corrected chi connectivity index (χ4v) is 1.93. The average Bonchev–Trinajstić information content (AvgIpc) is 2.61. The van der Waals surface area contributed by atoms with Crippen LogP contribution in [0, 0.1) is 0 Å². The lowest BCUT2D eigenvalue weighted by Gasteiger charge is -2.11. The number of rotatable bonds is 6. The number of carbonyl (C=O) groups is 2. The Morgan fingerprint density at radius 3 is 2.08 bits per heavy atom. The molecule has 132 valence electrons. The van der Waals surface area contributed by atoms with Gasteiger partial charge in [0, 0.05) is 0 Å². The molecule has 0 bridgehead atoms. The van der Waals surface area contributed by atoms with Gasteiger partial charge in [0.2, 0.25) is 0 Å². The van der Waals surface area contributed by atoms with E-state index in [0.29, 0.717) is 0 Å². The third-order valence-corrected chi connectivity index (χ3v) is 3.10. The van der Waals surface area contributed by atoms with E-state index < -0.39 is 18.6 Å². The molecule has 2 aromatic rings. The highest BCUT2D eigenvalue weighted by atomic mass is 19.3. The predicted octanol–water partition coefficient (Wildman–Crippen LogP) is 3.30. The van der Waals surface area contributed by atoms with Gasteiger partial charge in [-0.3, -0.25) is 0 Å². The normalized spacial score (nSPS) is 10.3. The molecule has 0 radical (unpaired) electrons. The van der Waals surface area contributed by atoms with Crippen molar-refractivity contribution in [2.45, 2.75) is 6.61 Å². The first-order valence-corrected chi connectivity index (χ1v) is 6.98. The molecule has 0 fully saturated rings. The fourth-order valence-electron chi connectivity index (χ4n) is 1.93. The van der Waals surface area contributed by atoms with Gasteiger partial charge >= 0.3 is 18.6 Å². The van der Waals surface area contributed by atoms with Crippen molar-refractivity contribution >= 4 is 11.9 Å². The van der Waals surface area contributed by atoms with E-state index in [2.05, 4.69) is 9.47 Å². The van der Waals surface area contributed by atoms with Gasteiger partial charge in [0.05, 0.1) is 25.3 Å². The molecule has 25 heavy (non-hydrogen) atoms. The summed E-state index contributed by atoms with van der Waals surface area (Å²) in [5, 5.41) is 0. The van der Waals surface area contributed by atoms with E-state index in [1.807, 2.05) is 0 Å². The summed E-state index contributed by atoms with van der Waals surface area (Å²) in [7, 11) is 2.59. The number of methoxy groups -OCH3 is 2. The number of hydrogen-bond donors (Lipinski definition) is 0. The van der Waals surface area contributed by atoms with E-state index >= 15 is 0 Å². The van der Waals surface area contributed by atoms with Gasteiger partial charge in [-0.25, -0.2) is 9.59 Å². The lowest BCUT2D eigenvalue weighted by molar-refractivity contribution is -0.0498. The van der Waals surface area contributed by atoms with E-state index in [0.717, 1.165) is 0 Å². The summed E-state index contributed by atoms with van der Waals surface area (Å²) in [5.41, 5.74) is 0.355. The Labute approximate surface area is 141 Å². The topological polar surface area (TPSA) is 71.1 Å². The molecule has 0 aliphatic rings. The number of esters is 2. The molecule has 0 unspecified atom stereocenters. The lowest BCUT2D eigenvalue weighted by Crippen LogP contribution is -2.10. The highest BCUT2D eigenvalue weighted by molar-refractivity contribution is 5.92. The van der Waals surface area contributed by atoms with Crippen molar-refractivity contribution in [3.8, 4) is 17.2 Å². The maximum absolute atomic E-state index is 12.1. The highest BCUT2D eigenvalue weighted by Crippen LogP contribution is 2.29. The van der Waals surface area contributed by atoms with Crippen LogP contribution >= 0.6 is 0 Å². The zero-order valence-electron chi connectivity index (χ0n) is 13.3. The van der Waals surface area contributed by atoms with E-state index in [1.165, 1.54) is 56.7 Å². The first kappa shape index (κ1) is 18.2. The van der Waals surface area contributed by atoms with Crippen molar-refractivity contribution in [1.29, 1.82) is 0 Å². The van der Waals surface area contributed by atoms with Crippen molar-refractivity contribution in [1.82, 2.24) is 0 Å². The molecule has 0 N–H and O–H groups in total. The van der Waals surface area contributed by atoms with Gasteiger partial charge in [-0.1, -0.05) is 0 Å². The lowest BCUT2D eigenvalue weighted by atomic mass is 10.2. The molecule has 8 heteroatoms. The Balaban J connectivity index is 2.15. The highest BCUT2D eigenvalue weighted by Gasteiger charge is 2.16. The molecule has 0 atom stereocenters. The van der Waals surface area contributed by atoms with E-state index in [9.17, 15) is 18.4 Å². The zero-order chi connectivity index (χ0) is 18.4. The number of ether oxygens (including phenoxy) is 4. The van der Waals surface area contributed by atoms with Crippen LogP contribution in [0.25, 0.3) is 0 Å². The molecule has 6 nitrogen and oxygen atoms in total. The summed E-state index contributed by atoms with van der Waals surface area (Å²) in [6, 6.07) is 9.19. The molecule has 0 saturated carbocycles. The molecule has 0 heterocycles. The number of benzene rings is 2. The average molecular weight is 352 g/mol. The Hall–Kier alpha value is -3.16. The summed E-state index contributed by atoms with van der Waals surface area (Å²) in [4.78, 5) is 23.6. The predicted molar refractivity (Wildman–Crippen MR) is 82.4 cm³/mol. The number of alkyl halides is 2. The quantitative estimate of drug-likeness (QED) is 0.587. The molecule has 0 saturated heterocycles. The first-order chi connectivity index (χ1) is 11.9. The largest absolute Gasteiger partial charge is 0.493 e. The fraction of sp³-hybridized carbons (Fsp3) is 0.176. The maximum Gasteiger partial charge on any atom is 0.387 e. The Kier molecular flexibility index (Phi) is 5.89. The van der Waals surface area contributed by atoms with Crippen molar-refractivity contribution in [3.63, 3.8) is 0 Å². The van der Waals surface area contributed by atoms with Gasteiger partial charge in [-0.15, -0.1) is 0 Å². The molecular formula is C17H14F2O6. The third kappa shape index (κ3) is 4.66.